The standard InChI is InChI=1S/C25H18BrN3O5/c26-21-12-16(9-10-22(21)34-15-23(30)28-19-6-2-1-3-7-19)11-18(14-27)24(31)29-20-8-4-5-17(13-20)25(32)33/h1-13H,15H2,(H,28,30)(H,29,31)(H,32,33)/b18-11-. The number of carbonyl (C=O) groups excluding carboxylic acids is 2. The molecule has 0 aliphatic heterocycles. The molecular formula is C25H18BrN3O5. The highest BCUT2D eigenvalue weighted by atomic mass is 79.9. The van der Waals surface area contributed by atoms with Gasteiger partial charge in [0.25, 0.3) is 11.8 Å². The highest BCUT2D eigenvalue weighted by molar-refractivity contribution is 9.10. The van der Waals surface area contributed by atoms with Crippen LogP contribution in [0.1, 0.15) is 15.9 Å². The minimum Gasteiger partial charge on any atom is -0.483 e. The van der Waals surface area contributed by atoms with E-state index in [0.717, 1.165) is 0 Å². The van der Waals surface area contributed by atoms with Crippen molar-refractivity contribution in [3.8, 4) is 11.8 Å². The number of hydrogen-bond donors (Lipinski definition) is 3. The van der Waals surface area contributed by atoms with E-state index in [4.69, 9.17) is 9.84 Å². The van der Waals surface area contributed by atoms with Crippen molar-refractivity contribution in [1.29, 1.82) is 5.26 Å². The minimum absolute atomic E-state index is 0.0113. The van der Waals surface area contributed by atoms with Gasteiger partial charge >= 0.3 is 5.97 Å². The number of carboxylic acid groups (broad SMARTS) is 1. The van der Waals surface area contributed by atoms with Crippen LogP contribution in [0.5, 0.6) is 5.75 Å². The Morgan fingerprint density at radius 2 is 1.71 bits per heavy atom. The smallest absolute Gasteiger partial charge is 0.335 e. The molecule has 0 aliphatic carbocycles. The molecule has 3 aromatic carbocycles. The number of nitriles is 1. The van der Waals surface area contributed by atoms with Crippen LogP contribution in [0.2, 0.25) is 0 Å². The summed E-state index contributed by atoms with van der Waals surface area (Å²) in [7, 11) is 0. The molecule has 0 bridgehead atoms. The van der Waals surface area contributed by atoms with E-state index in [2.05, 4.69) is 26.6 Å². The first kappa shape index (κ1) is 24.2. The van der Waals surface area contributed by atoms with Gasteiger partial charge in [0.2, 0.25) is 0 Å². The third-order valence-corrected chi connectivity index (χ3v) is 5.04. The molecule has 2 amide bonds. The van der Waals surface area contributed by atoms with Gasteiger partial charge < -0.3 is 20.5 Å². The molecule has 9 heteroatoms. The SMILES string of the molecule is N#C/C(=C/c1ccc(OCC(=O)Nc2ccccc2)c(Br)c1)C(=O)Nc1cccc(C(=O)O)c1. The maximum atomic E-state index is 12.5. The van der Waals surface area contributed by atoms with Crippen molar-refractivity contribution in [1.82, 2.24) is 0 Å². The largest absolute Gasteiger partial charge is 0.483 e. The lowest BCUT2D eigenvalue weighted by molar-refractivity contribution is -0.118. The second-order valence-electron chi connectivity index (χ2n) is 6.90. The van der Waals surface area contributed by atoms with Crippen LogP contribution in [0, 0.1) is 11.3 Å². The number of anilines is 2. The second kappa shape index (κ2) is 11.4. The van der Waals surface area contributed by atoms with E-state index in [1.54, 1.807) is 30.3 Å². The molecule has 0 aromatic heterocycles. The van der Waals surface area contributed by atoms with Crippen molar-refractivity contribution in [2.45, 2.75) is 0 Å². The molecule has 0 spiro atoms. The van der Waals surface area contributed by atoms with E-state index < -0.39 is 11.9 Å². The minimum atomic E-state index is -1.13. The van der Waals surface area contributed by atoms with Gasteiger partial charge in [0, 0.05) is 11.4 Å². The Labute approximate surface area is 203 Å². The first-order chi connectivity index (χ1) is 16.4. The van der Waals surface area contributed by atoms with Gasteiger partial charge in [-0.15, -0.1) is 0 Å². The molecule has 34 heavy (non-hydrogen) atoms. The topological polar surface area (TPSA) is 129 Å². The Morgan fingerprint density at radius 3 is 2.38 bits per heavy atom. The first-order valence-corrected chi connectivity index (χ1v) is 10.7. The van der Waals surface area contributed by atoms with E-state index in [-0.39, 0.29) is 29.3 Å². The Hall–Kier alpha value is -4.42. The van der Waals surface area contributed by atoms with Gasteiger partial charge in [-0.1, -0.05) is 30.3 Å². The summed E-state index contributed by atoms with van der Waals surface area (Å²) >= 11 is 3.36. The Balaban J connectivity index is 1.65. The van der Waals surface area contributed by atoms with Crippen LogP contribution in [0.4, 0.5) is 11.4 Å². The van der Waals surface area contributed by atoms with Crippen molar-refractivity contribution < 1.29 is 24.2 Å². The summed E-state index contributed by atoms with van der Waals surface area (Å²) in [6.45, 7) is -0.204. The van der Waals surface area contributed by atoms with Crippen molar-refractivity contribution in [2.75, 3.05) is 17.2 Å². The van der Waals surface area contributed by atoms with Crippen molar-refractivity contribution in [2.24, 2.45) is 0 Å². The molecule has 3 rings (SSSR count). The zero-order valence-electron chi connectivity index (χ0n) is 17.6. The molecule has 3 aromatic rings. The van der Waals surface area contributed by atoms with Crippen molar-refractivity contribution >= 4 is 51.2 Å². The predicted molar refractivity (Wildman–Crippen MR) is 130 cm³/mol. The van der Waals surface area contributed by atoms with Gasteiger partial charge in [0.05, 0.1) is 10.0 Å². The summed E-state index contributed by atoms with van der Waals surface area (Å²) in [4.78, 5) is 35.6. The number of carbonyl (C=O) groups is 3. The van der Waals surface area contributed by atoms with Crippen LogP contribution in [-0.4, -0.2) is 29.5 Å². The third kappa shape index (κ3) is 6.79. The molecule has 0 saturated carbocycles. The van der Waals surface area contributed by atoms with Gasteiger partial charge in [-0.3, -0.25) is 9.59 Å². The van der Waals surface area contributed by atoms with E-state index in [0.29, 0.717) is 21.5 Å². The molecule has 170 valence electrons. The monoisotopic (exact) mass is 519 g/mol. The molecule has 0 radical (unpaired) electrons. The molecule has 3 N–H and O–H groups in total. The number of halogens is 1. The number of hydrogen-bond acceptors (Lipinski definition) is 5. The first-order valence-electron chi connectivity index (χ1n) is 9.89. The Kier molecular flexibility index (Phi) is 8.16. The third-order valence-electron chi connectivity index (χ3n) is 4.42. The Bertz CT molecular complexity index is 1300. The molecule has 0 fully saturated rings. The number of aromatic carboxylic acids is 1. The molecule has 0 heterocycles. The van der Waals surface area contributed by atoms with Crippen LogP contribution in [0.25, 0.3) is 6.08 Å². The number of para-hydroxylation sites is 1. The van der Waals surface area contributed by atoms with Crippen molar-refractivity contribution in [3.63, 3.8) is 0 Å². The highest BCUT2D eigenvalue weighted by Gasteiger charge is 2.12. The van der Waals surface area contributed by atoms with Gasteiger partial charge in [0.15, 0.2) is 6.61 Å². The van der Waals surface area contributed by atoms with Gasteiger partial charge in [-0.25, -0.2) is 4.79 Å². The second-order valence-corrected chi connectivity index (χ2v) is 7.76. The van der Waals surface area contributed by atoms with Crippen LogP contribution in [0.15, 0.2) is 82.8 Å². The lowest BCUT2D eigenvalue weighted by Gasteiger charge is -2.10. The van der Waals surface area contributed by atoms with E-state index in [1.807, 2.05) is 24.3 Å². The maximum Gasteiger partial charge on any atom is 0.335 e. The summed E-state index contributed by atoms with van der Waals surface area (Å²) in [5.74, 6) is -1.72. The molecule has 0 unspecified atom stereocenters. The van der Waals surface area contributed by atoms with E-state index in [1.165, 1.54) is 30.3 Å². The highest BCUT2D eigenvalue weighted by Crippen LogP contribution is 2.27. The van der Waals surface area contributed by atoms with Gasteiger partial charge in [-0.2, -0.15) is 5.26 Å². The maximum absolute atomic E-state index is 12.5. The average molecular weight is 520 g/mol. The average Bonchev–Trinajstić information content (AvgIpc) is 2.82. The number of ether oxygens (including phenoxy) is 1. The van der Waals surface area contributed by atoms with Gasteiger partial charge in [-0.05, 0) is 70.0 Å². The number of benzene rings is 3. The number of rotatable bonds is 8. The Morgan fingerprint density at radius 1 is 0.971 bits per heavy atom. The summed E-state index contributed by atoms with van der Waals surface area (Å²) in [6.07, 6.45) is 1.38. The lowest BCUT2D eigenvalue weighted by Crippen LogP contribution is -2.20. The lowest BCUT2D eigenvalue weighted by atomic mass is 10.1. The number of carboxylic acids is 1. The quantitative estimate of drug-likeness (QED) is 0.292. The number of amides is 2. The number of nitrogens with zero attached hydrogens (tertiary/aromatic N) is 1. The molecule has 0 saturated heterocycles. The summed E-state index contributed by atoms with van der Waals surface area (Å²) in [6, 6.07) is 21.4. The van der Waals surface area contributed by atoms with E-state index in [9.17, 15) is 19.6 Å². The van der Waals surface area contributed by atoms with Crippen LogP contribution in [-0.2, 0) is 9.59 Å². The summed E-state index contributed by atoms with van der Waals surface area (Å²) < 4.78 is 6.07. The predicted octanol–water partition coefficient (Wildman–Crippen LogP) is 4.71. The fraction of sp³-hybridized carbons (Fsp3) is 0.0400. The fourth-order valence-corrected chi connectivity index (χ4v) is 3.34. The number of nitrogens with one attached hydrogen (secondary N) is 2. The summed E-state index contributed by atoms with van der Waals surface area (Å²) in [5, 5.41) is 23.7. The van der Waals surface area contributed by atoms with Crippen LogP contribution >= 0.6 is 15.9 Å². The van der Waals surface area contributed by atoms with Crippen LogP contribution < -0.4 is 15.4 Å². The normalized spacial score (nSPS) is 10.6. The molecule has 8 nitrogen and oxygen atoms in total. The fourth-order valence-electron chi connectivity index (χ4n) is 2.83. The van der Waals surface area contributed by atoms with E-state index >= 15 is 0 Å². The van der Waals surface area contributed by atoms with Crippen molar-refractivity contribution in [3.05, 3.63) is 94.0 Å². The molecule has 0 atom stereocenters. The zero-order valence-corrected chi connectivity index (χ0v) is 19.2. The zero-order chi connectivity index (χ0) is 24.5. The molecule has 0 aliphatic rings. The van der Waals surface area contributed by atoms with Crippen LogP contribution in [0.3, 0.4) is 0 Å². The molecular weight excluding hydrogens is 502 g/mol. The summed E-state index contributed by atoms with van der Waals surface area (Å²) in [5.41, 5.74) is 1.29. The van der Waals surface area contributed by atoms with Gasteiger partial charge in [0.1, 0.15) is 17.4 Å².